The van der Waals surface area contributed by atoms with Crippen molar-refractivity contribution in [3.63, 3.8) is 0 Å². The maximum Gasteiger partial charge on any atom is 0.336 e. The van der Waals surface area contributed by atoms with Crippen LogP contribution in [0.3, 0.4) is 0 Å². The molecule has 0 aliphatic rings. The van der Waals surface area contributed by atoms with E-state index in [0.717, 1.165) is 0 Å². The van der Waals surface area contributed by atoms with Gasteiger partial charge in [0.1, 0.15) is 0 Å². The van der Waals surface area contributed by atoms with E-state index in [1.165, 1.54) is 12.3 Å². The summed E-state index contributed by atoms with van der Waals surface area (Å²) in [4.78, 5) is 14.9. The molecule has 0 amide bonds. The molecular weight excluding hydrogens is 230 g/mol. The summed E-state index contributed by atoms with van der Waals surface area (Å²) in [5, 5.41) is 8.97. The fourth-order valence-corrected chi connectivity index (χ4v) is 1.37. The largest absolute Gasteiger partial charge is 0.478 e. The lowest BCUT2D eigenvalue weighted by molar-refractivity contribution is 0.0697. The third-order valence-corrected chi connectivity index (χ3v) is 2.04. The Bertz CT molecular complexity index is 543. The predicted octanol–water partition coefficient (Wildman–Crippen LogP) is 3.54. The van der Waals surface area contributed by atoms with E-state index in [2.05, 4.69) is 11.6 Å². The Morgan fingerprint density at radius 2 is 2.06 bits per heavy atom. The molecule has 2 rings (SSSR count). The third kappa shape index (κ3) is 3.31. The van der Waals surface area contributed by atoms with Gasteiger partial charge in [0.25, 0.3) is 0 Å². The Balaban J connectivity index is 0.000000492. The Labute approximate surface area is 106 Å². The van der Waals surface area contributed by atoms with E-state index in [1.807, 2.05) is 6.92 Å². The van der Waals surface area contributed by atoms with Crippen LogP contribution in [0.4, 0.5) is 0 Å². The number of nitrogens with zero attached hydrogens (tertiary/aromatic N) is 1. The molecule has 0 fully saturated rings. The molecule has 94 valence electrons. The van der Waals surface area contributed by atoms with Crippen molar-refractivity contribution in [2.45, 2.75) is 13.8 Å². The zero-order chi connectivity index (χ0) is 13.5. The van der Waals surface area contributed by atoms with Crippen LogP contribution in [0.2, 0.25) is 0 Å². The average molecular weight is 245 g/mol. The number of aryl methyl sites for hydroxylation is 1. The second-order valence-corrected chi connectivity index (χ2v) is 3.50. The summed E-state index contributed by atoms with van der Waals surface area (Å²) in [6.45, 7) is 6.97. The number of hydrogen-bond acceptors (Lipinski definition) is 3. The van der Waals surface area contributed by atoms with Gasteiger partial charge >= 0.3 is 5.97 Å². The lowest BCUT2D eigenvalue weighted by Gasteiger charge is -2.00. The van der Waals surface area contributed by atoms with Crippen LogP contribution < -0.4 is 0 Å². The summed E-state index contributed by atoms with van der Waals surface area (Å²) in [5.74, 6) is 0.0235. The maximum atomic E-state index is 10.9. The summed E-state index contributed by atoms with van der Waals surface area (Å²) in [5.41, 5.74) is 0.763. The van der Waals surface area contributed by atoms with Crippen molar-refractivity contribution in [1.29, 1.82) is 0 Å². The Morgan fingerprint density at radius 3 is 2.56 bits per heavy atom. The van der Waals surface area contributed by atoms with Gasteiger partial charge in [-0.1, -0.05) is 24.3 Å². The number of hydrogen-bond donors (Lipinski definition) is 1. The molecule has 0 radical (unpaired) electrons. The van der Waals surface area contributed by atoms with Crippen LogP contribution in [0.5, 0.6) is 0 Å². The van der Waals surface area contributed by atoms with E-state index < -0.39 is 5.97 Å². The molecule has 1 aromatic heterocycles. The highest BCUT2D eigenvalue weighted by atomic mass is 16.4. The normalized spacial score (nSPS) is 9.22. The number of allylic oxidation sites excluding steroid dienone is 1. The summed E-state index contributed by atoms with van der Waals surface area (Å²) in [7, 11) is 0. The van der Waals surface area contributed by atoms with Gasteiger partial charge in [0.2, 0.25) is 0 Å². The monoisotopic (exact) mass is 245 g/mol. The van der Waals surface area contributed by atoms with Gasteiger partial charge in [-0.05, 0) is 13.0 Å². The first-order valence-electron chi connectivity index (χ1n) is 5.42. The Hall–Kier alpha value is -2.36. The minimum Gasteiger partial charge on any atom is -0.478 e. The van der Waals surface area contributed by atoms with Gasteiger partial charge in [0.05, 0.1) is 11.8 Å². The Morgan fingerprint density at radius 1 is 1.44 bits per heavy atom. The molecule has 4 nitrogen and oxygen atoms in total. The summed E-state index contributed by atoms with van der Waals surface area (Å²) in [6.07, 6.45) is 3.27. The molecule has 0 spiro atoms. The van der Waals surface area contributed by atoms with Crippen molar-refractivity contribution in [3.8, 4) is 11.3 Å². The quantitative estimate of drug-likeness (QED) is 0.822. The molecule has 0 bridgehead atoms. The van der Waals surface area contributed by atoms with Gasteiger partial charge in [0.15, 0.2) is 11.7 Å². The van der Waals surface area contributed by atoms with Gasteiger partial charge in [-0.3, -0.25) is 0 Å². The first kappa shape index (κ1) is 13.7. The molecule has 1 heterocycles. The molecule has 0 saturated heterocycles. The molecule has 0 aliphatic carbocycles. The molecule has 1 N–H and O–H groups in total. The minimum atomic E-state index is -0.973. The van der Waals surface area contributed by atoms with E-state index in [1.54, 1.807) is 31.2 Å². The molecule has 0 saturated carbocycles. The molecule has 0 atom stereocenters. The lowest BCUT2D eigenvalue weighted by Crippen LogP contribution is -1.98. The fourth-order valence-electron chi connectivity index (χ4n) is 1.37. The van der Waals surface area contributed by atoms with Crippen molar-refractivity contribution < 1.29 is 14.3 Å². The van der Waals surface area contributed by atoms with Crippen LogP contribution >= 0.6 is 0 Å². The SMILES string of the molecule is C=CC.Cc1ncc(-c2ccccc2C(=O)O)o1. The molecule has 0 aliphatic heterocycles. The highest BCUT2D eigenvalue weighted by molar-refractivity contribution is 5.95. The number of oxazole rings is 1. The molecular formula is C14H15NO3. The zero-order valence-corrected chi connectivity index (χ0v) is 10.4. The zero-order valence-electron chi connectivity index (χ0n) is 10.4. The molecule has 2 aromatic rings. The third-order valence-electron chi connectivity index (χ3n) is 2.04. The van der Waals surface area contributed by atoms with Crippen LogP contribution in [0.25, 0.3) is 11.3 Å². The number of carboxylic acids is 1. The summed E-state index contributed by atoms with van der Waals surface area (Å²) in [6, 6.07) is 6.68. The van der Waals surface area contributed by atoms with Crippen LogP contribution in [0.15, 0.2) is 47.5 Å². The number of rotatable bonds is 2. The molecule has 18 heavy (non-hydrogen) atoms. The predicted molar refractivity (Wildman–Crippen MR) is 69.5 cm³/mol. The van der Waals surface area contributed by atoms with Gasteiger partial charge in [0, 0.05) is 12.5 Å². The van der Waals surface area contributed by atoms with Gasteiger partial charge in [-0.15, -0.1) is 6.58 Å². The second kappa shape index (κ2) is 6.39. The number of carbonyl (C=O) groups is 1. The van der Waals surface area contributed by atoms with E-state index in [4.69, 9.17) is 9.52 Å². The van der Waals surface area contributed by atoms with Crippen molar-refractivity contribution in [2.75, 3.05) is 0 Å². The Kier molecular flexibility index (Phi) is 4.87. The van der Waals surface area contributed by atoms with Gasteiger partial charge in [-0.2, -0.15) is 0 Å². The fraction of sp³-hybridized carbons (Fsp3) is 0.143. The first-order chi connectivity index (χ1) is 8.60. The van der Waals surface area contributed by atoms with Crippen molar-refractivity contribution >= 4 is 5.97 Å². The van der Waals surface area contributed by atoms with E-state index >= 15 is 0 Å². The first-order valence-corrected chi connectivity index (χ1v) is 5.42. The number of aromatic nitrogens is 1. The lowest BCUT2D eigenvalue weighted by atomic mass is 10.1. The van der Waals surface area contributed by atoms with Gasteiger partial charge in [-0.25, -0.2) is 9.78 Å². The van der Waals surface area contributed by atoms with Crippen LogP contribution in [-0.4, -0.2) is 16.1 Å². The average Bonchev–Trinajstić information content (AvgIpc) is 2.77. The molecule has 1 aromatic carbocycles. The number of carboxylic acid groups (broad SMARTS) is 1. The van der Waals surface area contributed by atoms with Crippen LogP contribution in [-0.2, 0) is 0 Å². The highest BCUT2D eigenvalue weighted by Gasteiger charge is 2.13. The van der Waals surface area contributed by atoms with Crippen molar-refractivity contribution in [3.05, 3.63) is 54.6 Å². The van der Waals surface area contributed by atoms with Crippen molar-refractivity contribution in [1.82, 2.24) is 4.98 Å². The van der Waals surface area contributed by atoms with Crippen molar-refractivity contribution in [2.24, 2.45) is 0 Å². The number of benzene rings is 1. The smallest absolute Gasteiger partial charge is 0.336 e. The standard InChI is InChI=1S/C11H9NO3.C3H6/c1-7-12-6-10(15-7)8-4-2-3-5-9(8)11(13)14;1-3-2/h2-6H,1H3,(H,13,14);3H,1H2,2H3. The van der Waals surface area contributed by atoms with Gasteiger partial charge < -0.3 is 9.52 Å². The topological polar surface area (TPSA) is 63.3 Å². The van der Waals surface area contributed by atoms with E-state index in [9.17, 15) is 4.79 Å². The minimum absolute atomic E-state index is 0.216. The van der Waals surface area contributed by atoms with E-state index in [0.29, 0.717) is 17.2 Å². The van der Waals surface area contributed by atoms with Crippen LogP contribution in [0.1, 0.15) is 23.2 Å². The summed E-state index contributed by atoms with van der Waals surface area (Å²) >= 11 is 0. The molecule has 4 heteroatoms. The van der Waals surface area contributed by atoms with E-state index in [-0.39, 0.29) is 5.56 Å². The highest BCUT2D eigenvalue weighted by Crippen LogP contribution is 2.24. The molecule has 0 unspecified atom stereocenters. The summed E-state index contributed by atoms with van der Waals surface area (Å²) < 4.78 is 5.29. The maximum absolute atomic E-state index is 10.9. The number of aromatic carboxylic acids is 1. The van der Waals surface area contributed by atoms with Crippen LogP contribution in [0, 0.1) is 6.92 Å². The second-order valence-electron chi connectivity index (χ2n) is 3.50.